The van der Waals surface area contributed by atoms with Gasteiger partial charge in [0.05, 0.1) is 17.7 Å². The minimum Gasteiger partial charge on any atom is -0.463 e. The Labute approximate surface area is 133 Å². The minimum atomic E-state index is -0.739. The number of aliphatic hydroxyl groups is 1. The Kier molecular flexibility index (Phi) is 4.62. The third-order valence-electron chi connectivity index (χ3n) is 2.54. The first-order chi connectivity index (χ1) is 8.85. The lowest BCUT2D eigenvalue weighted by Gasteiger charge is -2.16. The molecule has 4 nitrogen and oxygen atoms in total. The monoisotopic (exact) mass is 436 g/mol. The second kappa shape index (κ2) is 5.88. The third kappa shape index (κ3) is 4.25. The Hall–Kier alpha value is -0.470. The van der Waals surface area contributed by atoms with E-state index < -0.39 is 5.60 Å². The maximum Gasteiger partial charge on any atom is 0.316 e. The predicted molar refractivity (Wildman–Crippen MR) is 86.4 cm³/mol. The molecule has 0 spiro atoms. The van der Waals surface area contributed by atoms with Crippen LogP contribution in [0.1, 0.15) is 20.3 Å². The summed E-state index contributed by atoms with van der Waals surface area (Å²) in [7, 11) is 0. The number of benzene rings is 1. The Morgan fingerprint density at radius 2 is 2.16 bits per heavy atom. The zero-order valence-corrected chi connectivity index (χ0v) is 14.4. The molecule has 6 heteroatoms. The maximum atomic E-state index is 9.61. The number of hydrogen-bond donors (Lipinski definition) is 1. The molecule has 0 aliphatic heterocycles. The van der Waals surface area contributed by atoms with Crippen LogP contribution in [0, 0.1) is 3.57 Å². The lowest BCUT2D eigenvalue weighted by atomic mass is 10.1. The van der Waals surface area contributed by atoms with Gasteiger partial charge in [-0.05, 0) is 64.5 Å². The van der Waals surface area contributed by atoms with Crippen molar-refractivity contribution >= 4 is 49.4 Å². The lowest BCUT2D eigenvalue weighted by Crippen LogP contribution is -2.22. The van der Waals surface area contributed by atoms with Crippen molar-refractivity contribution in [3.63, 3.8) is 0 Å². The maximum absolute atomic E-state index is 9.61. The second-order valence-corrected chi connectivity index (χ2v) is 6.91. The number of rotatable bonds is 4. The first-order valence-electron chi connectivity index (χ1n) is 5.82. The largest absolute Gasteiger partial charge is 0.463 e. The molecule has 1 heterocycles. The lowest BCUT2D eigenvalue weighted by molar-refractivity contribution is 0.0540. The van der Waals surface area contributed by atoms with Crippen molar-refractivity contribution in [2.45, 2.75) is 25.9 Å². The molecule has 1 aromatic heterocycles. The highest BCUT2D eigenvalue weighted by Crippen LogP contribution is 2.25. The standard InChI is InChI=1S/C13H14BrIN2O2/c1-13(2,18)3-4-19-12-16-7-8-5-9(14)10(15)6-11(8)17-12/h5-7,18H,3-4H2,1-2H3. The van der Waals surface area contributed by atoms with E-state index in [1.165, 1.54) is 0 Å². The molecule has 0 unspecified atom stereocenters. The van der Waals surface area contributed by atoms with Gasteiger partial charge >= 0.3 is 6.01 Å². The highest BCUT2D eigenvalue weighted by Gasteiger charge is 2.13. The van der Waals surface area contributed by atoms with Crippen LogP contribution >= 0.6 is 38.5 Å². The number of nitrogens with zero attached hydrogens (tertiary/aromatic N) is 2. The van der Waals surface area contributed by atoms with Gasteiger partial charge in [-0.15, -0.1) is 0 Å². The number of aromatic nitrogens is 2. The first-order valence-corrected chi connectivity index (χ1v) is 7.69. The SMILES string of the molecule is CC(C)(O)CCOc1ncc2cc(Br)c(I)cc2n1. The van der Waals surface area contributed by atoms with E-state index in [9.17, 15) is 5.11 Å². The summed E-state index contributed by atoms with van der Waals surface area (Å²) >= 11 is 5.72. The zero-order valence-electron chi connectivity index (χ0n) is 10.7. The quantitative estimate of drug-likeness (QED) is 0.745. The van der Waals surface area contributed by atoms with Gasteiger partial charge in [-0.2, -0.15) is 4.98 Å². The Bertz CT molecular complexity index is 599. The first kappa shape index (κ1) is 14.9. The predicted octanol–water partition coefficient (Wildman–Crippen LogP) is 3.54. The van der Waals surface area contributed by atoms with Crippen LogP contribution in [-0.2, 0) is 0 Å². The van der Waals surface area contributed by atoms with Crippen LogP contribution < -0.4 is 4.74 Å². The van der Waals surface area contributed by atoms with Crippen molar-refractivity contribution in [2.24, 2.45) is 0 Å². The molecule has 102 valence electrons. The molecule has 0 aliphatic rings. The molecular weight excluding hydrogens is 423 g/mol. The summed E-state index contributed by atoms with van der Waals surface area (Å²) < 4.78 is 7.58. The Balaban J connectivity index is 2.15. The molecule has 0 atom stereocenters. The van der Waals surface area contributed by atoms with E-state index in [0.717, 1.165) is 18.9 Å². The molecule has 0 amide bonds. The van der Waals surface area contributed by atoms with Crippen LogP contribution in [0.3, 0.4) is 0 Å². The molecule has 0 bridgehead atoms. The number of halogens is 2. The van der Waals surface area contributed by atoms with Crippen LogP contribution in [0.15, 0.2) is 22.8 Å². The summed E-state index contributed by atoms with van der Waals surface area (Å²) in [6.45, 7) is 3.89. The topological polar surface area (TPSA) is 55.2 Å². The molecule has 2 rings (SSSR count). The van der Waals surface area contributed by atoms with Crippen molar-refractivity contribution < 1.29 is 9.84 Å². The van der Waals surface area contributed by atoms with Gasteiger partial charge in [-0.3, -0.25) is 0 Å². The van der Waals surface area contributed by atoms with E-state index in [1.807, 2.05) is 12.1 Å². The molecular formula is C13H14BrIN2O2. The van der Waals surface area contributed by atoms with Crippen LogP contribution in [0.5, 0.6) is 6.01 Å². The number of fused-ring (bicyclic) bond motifs is 1. The van der Waals surface area contributed by atoms with Crippen LogP contribution in [0.25, 0.3) is 10.9 Å². The molecule has 0 saturated carbocycles. The fraction of sp³-hybridized carbons (Fsp3) is 0.385. The van der Waals surface area contributed by atoms with Crippen molar-refractivity contribution in [1.29, 1.82) is 0 Å². The molecule has 2 aromatic rings. The van der Waals surface area contributed by atoms with E-state index in [-0.39, 0.29) is 0 Å². The summed E-state index contributed by atoms with van der Waals surface area (Å²) in [6.07, 6.45) is 2.27. The number of ether oxygens (including phenoxy) is 1. The minimum absolute atomic E-state index is 0.342. The van der Waals surface area contributed by atoms with Gasteiger partial charge < -0.3 is 9.84 Å². The van der Waals surface area contributed by atoms with Gasteiger partial charge in [0.2, 0.25) is 0 Å². The Morgan fingerprint density at radius 3 is 2.84 bits per heavy atom. The van der Waals surface area contributed by atoms with Gasteiger partial charge in [-0.1, -0.05) is 0 Å². The fourth-order valence-electron chi connectivity index (χ4n) is 1.47. The zero-order chi connectivity index (χ0) is 14.0. The smallest absolute Gasteiger partial charge is 0.316 e. The summed E-state index contributed by atoms with van der Waals surface area (Å²) in [5.74, 6) is 0. The summed E-state index contributed by atoms with van der Waals surface area (Å²) in [5, 5.41) is 10.6. The Morgan fingerprint density at radius 1 is 1.42 bits per heavy atom. The van der Waals surface area contributed by atoms with Gasteiger partial charge in [0.25, 0.3) is 0 Å². The number of hydrogen-bond acceptors (Lipinski definition) is 4. The summed E-state index contributed by atoms with van der Waals surface area (Å²) in [4.78, 5) is 8.52. The van der Waals surface area contributed by atoms with E-state index in [0.29, 0.717) is 19.0 Å². The molecule has 0 aliphatic carbocycles. The average molecular weight is 437 g/mol. The van der Waals surface area contributed by atoms with Crippen molar-refractivity contribution in [3.05, 3.63) is 26.4 Å². The summed E-state index contributed by atoms with van der Waals surface area (Å²) in [6, 6.07) is 4.30. The highest BCUT2D eigenvalue weighted by molar-refractivity contribution is 14.1. The van der Waals surface area contributed by atoms with E-state index in [2.05, 4.69) is 48.5 Å². The van der Waals surface area contributed by atoms with Crippen LogP contribution in [-0.4, -0.2) is 27.3 Å². The van der Waals surface area contributed by atoms with E-state index >= 15 is 0 Å². The molecule has 19 heavy (non-hydrogen) atoms. The molecule has 0 radical (unpaired) electrons. The normalized spacial score (nSPS) is 11.8. The van der Waals surface area contributed by atoms with E-state index in [1.54, 1.807) is 20.0 Å². The van der Waals surface area contributed by atoms with Gasteiger partial charge in [-0.25, -0.2) is 4.98 Å². The fourth-order valence-corrected chi connectivity index (χ4v) is 2.28. The summed E-state index contributed by atoms with van der Waals surface area (Å²) in [5.41, 5.74) is 0.109. The second-order valence-electron chi connectivity index (χ2n) is 4.89. The molecule has 0 saturated heterocycles. The molecule has 1 aromatic carbocycles. The van der Waals surface area contributed by atoms with Crippen molar-refractivity contribution in [1.82, 2.24) is 9.97 Å². The molecule has 1 N–H and O–H groups in total. The third-order valence-corrected chi connectivity index (χ3v) is 4.83. The van der Waals surface area contributed by atoms with Gasteiger partial charge in [0, 0.05) is 26.0 Å². The van der Waals surface area contributed by atoms with Crippen molar-refractivity contribution in [3.8, 4) is 6.01 Å². The van der Waals surface area contributed by atoms with Crippen LogP contribution in [0.4, 0.5) is 0 Å². The van der Waals surface area contributed by atoms with Crippen LogP contribution in [0.2, 0.25) is 0 Å². The highest BCUT2D eigenvalue weighted by atomic mass is 127. The average Bonchev–Trinajstić information content (AvgIpc) is 2.29. The van der Waals surface area contributed by atoms with E-state index in [4.69, 9.17) is 4.74 Å². The van der Waals surface area contributed by atoms with Crippen molar-refractivity contribution in [2.75, 3.05) is 6.61 Å². The van der Waals surface area contributed by atoms with Gasteiger partial charge in [0.1, 0.15) is 0 Å². The van der Waals surface area contributed by atoms with Gasteiger partial charge in [0.15, 0.2) is 0 Å². The molecule has 0 fully saturated rings.